The summed E-state index contributed by atoms with van der Waals surface area (Å²) in [6.45, 7) is 4.43. The summed E-state index contributed by atoms with van der Waals surface area (Å²) in [6, 6.07) is 6.26. The quantitative estimate of drug-likeness (QED) is 0.506. The summed E-state index contributed by atoms with van der Waals surface area (Å²) in [5.41, 5.74) is 0.654. The lowest BCUT2D eigenvalue weighted by Crippen LogP contribution is -2.40. The number of carbonyl (C=O) groups is 2. The molecule has 2 aliphatic rings. The van der Waals surface area contributed by atoms with Crippen LogP contribution in [0.3, 0.4) is 0 Å². The fourth-order valence-corrected chi connectivity index (χ4v) is 4.72. The third-order valence-electron chi connectivity index (χ3n) is 4.96. The molecule has 2 aliphatic heterocycles. The van der Waals surface area contributed by atoms with Crippen LogP contribution in [0.2, 0.25) is 0 Å². The van der Waals surface area contributed by atoms with Gasteiger partial charge in [0.1, 0.15) is 0 Å². The van der Waals surface area contributed by atoms with Crippen molar-refractivity contribution in [2.75, 3.05) is 39.4 Å². The van der Waals surface area contributed by atoms with Gasteiger partial charge in [-0.25, -0.2) is 13.2 Å². The minimum Gasteiger partial charge on any atom is -0.449 e. The maximum absolute atomic E-state index is 12.6. The van der Waals surface area contributed by atoms with E-state index in [-0.39, 0.29) is 10.8 Å². The van der Waals surface area contributed by atoms with Gasteiger partial charge in [0.05, 0.1) is 18.1 Å². The largest absolute Gasteiger partial charge is 0.449 e. The van der Waals surface area contributed by atoms with Crippen molar-refractivity contribution in [1.29, 1.82) is 0 Å². The molecule has 0 spiro atoms. The van der Waals surface area contributed by atoms with Crippen LogP contribution in [0.5, 0.6) is 0 Å². The second-order valence-electron chi connectivity index (χ2n) is 7.03. The van der Waals surface area contributed by atoms with E-state index in [1.54, 1.807) is 24.0 Å². The molecule has 8 nitrogen and oxygen atoms in total. The summed E-state index contributed by atoms with van der Waals surface area (Å²) in [5, 5.41) is 0. The van der Waals surface area contributed by atoms with E-state index >= 15 is 0 Å². The molecule has 2 fully saturated rings. The fraction of sp³-hybridized carbons (Fsp3) is 0.500. The molecule has 9 heteroatoms. The number of likely N-dealkylation sites (tertiary alicyclic amines) is 1. The monoisotopic (exact) mass is 422 g/mol. The molecule has 0 aliphatic carbocycles. The van der Waals surface area contributed by atoms with Crippen LogP contribution in [0, 0.1) is 0 Å². The van der Waals surface area contributed by atoms with E-state index in [0.29, 0.717) is 45.0 Å². The van der Waals surface area contributed by atoms with Crippen molar-refractivity contribution < 1.29 is 27.5 Å². The first-order valence-electron chi connectivity index (χ1n) is 9.73. The molecule has 0 saturated carbocycles. The van der Waals surface area contributed by atoms with Gasteiger partial charge in [0.15, 0.2) is 6.10 Å². The highest BCUT2D eigenvalue weighted by Crippen LogP contribution is 2.18. The SMILES string of the molecule is C[C@H](OC(=O)/C=C/c1ccc(S(=O)(=O)N2CCOCC2)cc1)C(=O)N1CCCC1. The van der Waals surface area contributed by atoms with Crippen molar-refractivity contribution in [1.82, 2.24) is 9.21 Å². The first kappa shape index (κ1) is 21.5. The molecule has 0 radical (unpaired) electrons. The van der Waals surface area contributed by atoms with Crippen molar-refractivity contribution in [3.05, 3.63) is 35.9 Å². The van der Waals surface area contributed by atoms with Crippen LogP contribution in [0.15, 0.2) is 35.2 Å². The van der Waals surface area contributed by atoms with Gasteiger partial charge in [-0.15, -0.1) is 0 Å². The molecule has 1 aromatic carbocycles. The number of sulfonamides is 1. The van der Waals surface area contributed by atoms with Gasteiger partial charge in [-0.1, -0.05) is 12.1 Å². The van der Waals surface area contributed by atoms with Gasteiger partial charge < -0.3 is 14.4 Å². The molecule has 2 saturated heterocycles. The van der Waals surface area contributed by atoms with Crippen molar-refractivity contribution in [2.45, 2.75) is 30.8 Å². The van der Waals surface area contributed by atoms with Crippen LogP contribution in [0.1, 0.15) is 25.3 Å². The number of carbonyl (C=O) groups excluding carboxylic acids is 2. The standard InChI is InChI=1S/C20H26N2O6S/c1-16(20(24)21-10-2-3-11-21)28-19(23)9-6-17-4-7-18(8-5-17)29(25,26)22-12-14-27-15-13-22/h4-9,16H,2-3,10-15H2,1H3/b9-6+/t16-/m0/s1. The van der Waals surface area contributed by atoms with Crippen molar-refractivity contribution in [2.24, 2.45) is 0 Å². The molecule has 1 atom stereocenters. The number of rotatable bonds is 6. The summed E-state index contributed by atoms with van der Waals surface area (Å²) in [5.74, 6) is -0.794. The first-order chi connectivity index (χ1) is 13.9. The number of benzene rings is 1. The third-order valence-corrected chi connectivity index (χ3v) is 6.87. The predicted molar refractivity (Wildman–Crippen MR) is 106 cm³/mol. The Bertz CT molecular complexity index is 853. The van der Waals surface area contributed by atoms with Crippen molar-refractivity contribution in [3.63, 3.8) is 0 Å². The van der Waals surface area contributed by atoms with Crippen molar-refractivity contribution >= 4 is 28.0 Å². The molecule has 1 aromatic rings. The second kappa shape index (κ2) is 9.51. The van der Waals surface area contributed by atoms with E-state index in [1.807, 2.05) is 0 Å². The zero-order valence-electron chi connectivity index (χ0n) is 16.5. The smallest absolute Gasteiger partial charge is 0.331 e. The summed E-state index contributed by atoms with van der Waals surface area (Å²) in [7, 11) is -3.55. The topological polar surface area (TPSA) is 93.2 Å². The van der Waals surface area contributed by atoms with Gasteiger partial charge in [0.25, 0.3) is 5.91 Å². The number of ether oxygens (including phenoxy) is 2. The van der Waals surface area contributed by atoms with E-state index in [0.717, 1.165) is 12.8 Å². The maximum atomic E-state index is 12.6. The highest BCUT2D eigenvalue weighted by atomic mass is 32.2. The number of hydrogen-bond donors (Lipinski definition) is 0. The van der Waals surface area contributed by atoms with Crippen LogP contribution < -0.4 is 0 Å². The van der Waals surface area contributed by atoms with Gasteiger partial charge in [0.2, 0.25) is 10.0 Å². The predicted octanol–water partition coefficient (Wildman–Crippen LogP) is 1.27. The van der Waals surface area contributed by atoms with Crippen LogP contribution in [0.25, 0.3) is 6.08 Å². The fourth-order valence-electron chi connectivity index (χ4n) is 3.31. The molecule has 29 heavy (non-hydrogen) atoms. The van der Waals surface area contributed by atoms with Gasteiger partial charge >= 0.3 is 5.97 Å². The maximum Gasteiger partial charge on any atom is 0.331 e. The van der Waals surface area contributed by atoms with Crippen molar-refractivity contribution in [3.8, 4) is 0 Å². The number of nitrogens with zero attached hydrogens (tertiary/aromatic N) is 2. The molecule has 0 aromatic heterocycles. The van der Waals surface area contributed by atoms with E-state index in [2.05, 4.69) is 0 Å². The summed E-state index contributed by atoms with van der Waals surface area (Å²) in [6.07, 6.45) is 3.89. The van der Waals surface area contributed by atoms with E-state index < -0.39 is 22.1 Å². The zero-order chi connectivity index (χ0) is 20.9. The molecule has 0 N–H and O–H groups in total. The molecule has 158 valence electrons. The number of esters is 1. The molecule has 3 rings (SSSR count). The third kappa shape index (κ3) is 5.43. The lowest BCUT2D eigenvalue weighted by atomic mass is 10.2. The van der Waals surface area contributed by atoms with Crippen LogP contribution in [-0.2, 0) is 29.1 Å². The van der Waals surface area contributed by atoms with Crippen LogP contribution in [-0.4, -0.2) is 75.0 Å². The first-order valence-corrected chi connectivity index (χ1v) is 11.2. The molecule has 1 amide bonds. The Labute approximate surface area is 171 Å². The summed E-state index contributed by atoms with van der Waals surface area (Å²) >= 11 is 0. The second-order valence-corrected chi connectivity index (χ2v) is 8.97. The molecular formula is C20H26N2O6S. The number of morpholine rings is 1. The average Bonchev–Trinajstić information content (AvgIpc) is 3.27. The molecule has 0 bridgehead atoms. The summed E-state index contributed by atoms with van der Waals surface area (Å²) in [4.78, 5) is 26.1. The average molecular weight is 423 g/mol. The van der Waals surface area contributed by atoms with Crippen LogP contribution >= 0.6 is 0 Å². The van der Waals surface area contributed by atoms with E-state index in [4.69, 9.17) is 9.47 Å². The lowest BCUT2D eigenvalue weighted by molar-refractivity contribution is -0.154. The van der Waals surface area contributed by atoms with E-state index in [1.165, 1.54) is 28.6 Å². The van der Waals surface area contributed by atoms with Gasteiger partial charge in [-0.05, 0) is 43.5 Å². The zero-order valence-corrected chi connectivity index (χ0v) is 17.3. The minimum atomic E-state index is -3.55. The normalized spacial score (nSPS) is 19.4. The Hall–Kier alpha value is -2.23. The summed E-state index contributed by atoms with van der Waals surface area (Å²) < 4.78 is 37.0. The van der Waals surface area contributed by atoms with Gasteiger partial charge in [-0.3, -0.25) is 4.79 Å². The molecule has 2 heterocycles. The Morgan fingerprint density at radius 2 is 1.69 bits per heavy atom. The Morgan fingerprint density at radius 1 is 1.07 bits per heavy atom. The highest BCUT2D eigenvalue weighted by Gasteiger charge is 2.26. The highest BCUT2D eigenvalue weighted by molar-refractivity contribution is 7.89. The van der Waals surface area contributed by atoms with Gasteiger partial charge in [0, 0.05) is 32.3 Å². The number of amides is 1. The molecular weight excluding hydrogens is 396 g/mol. The van der Waals surface area contributed by atoms with Crippen LogP contribution in [0.4, 0.5) is 0 Å². The van der Waals surface area contributed by atoms with E-state index in [9.17, 15) is 18.0 Å². The van der Waals surface area contributed by atoms with Gasteiger partial charge in [-0.2, -0.15) is 4.31 Å². The number of hydrogen-bond acceptors (Lipinski definition) is 6. The lowest BCUT2D eigenvalue weighted by Gasteiger charge is -2.26. The Kier molecular flexibility index (Phi) is 7.05. The Morgan fingerprint density at radius 3 is 2.31 bits per heavy atom. The molecule has 0 unspecified atom stereocenters. The minimum absolute atomic E-state index is 0.179. The Balaban J connectivity index is 1.56.